The molecule has 98 valence electrons. The first kappa shape index (κ1) is 14.9. The number of nitrogens with one attached hydrogen (secondary N) is 1. The molecular formula is C11H12BrClN2O3. The second-order valence-corrected chi connectivity index (χ2v) is 4.90. The lowest BCUT2D eigenvalue weighted by Gasteiger charge is -2.05. The van der Waals surface area contributed by atoms with E-state index in [1.54, 1.807) is 6.07 Å². The number of non-ortho nitro benzene ring substituents is 1. The Morgan fingerprint density at radius 2 is 2.11 bits per heavy atom. The quantitative estimate of drug-likeness (QED) is 0.376. The van der Waals surface area contributed by atoms with Crippen molar-refractivity contribution in [1.29, 1.82) is 0 Å². The van der Waals surface area contributed by atoms with Crippen LogP contribution < -0.4 is 5.32 Å². The van der Waals surface area contributed by atoms with Crippen LogP contribution in [-0.2, 0) is 0 Å². The molecule has 1 rings (SSSR count). The van der Waals surface area contributed by atoms with Crippen molar-refractivity contribution in [2.45, 2.75) is 12.8 Å². The highest BCUT2D eigenvalue weighted by Crippen LogP contribution is 2.21. The van der Waals surface area contributed by atoms with Crippen molar-refractivity contribution in [2.24, 2.45) is 0 Å². The van der Waals surface area contributed by atoms with Gasteiger partial charge in [0.25, 0.3) is 11.6 Å². The number of carbonyl (C=O) groups excluding carboxylic acids is 1. The molecule has 0 aliphatic heterocycles. The number of amides is 1. The summed E-state index contributed by atoms with van der Waals surface area (Å²) in [6, 6.07) is 4.15. The van der Waals surface area contributed by atoms with Gasteiger partial charge in [-0.25, -0.2) is 0 Å². The summed E-state index contributed by atoms with van der Waals surface area (Å²) in [5.74, 6) is 0.229. The number of unbranched alkanes of at least 4 members (excludes halogenated alkanes) is 1. The Hall–Kier alpha value is -1.14. The zero-order chi connectivity index (χ0) is 13.5. The third-order valence-electron chi connectivity index (χ3n) is 2.20. The molecule has 0 atom stereocenters. The van der Waals surface area contributed by atoms with Gasteiger partial charge < -0.3 is 5.32 Å². The zero-order valence-electron chi connectivity index (χ0n) is 9.49. The summed E-state index contributed by atoms with van der Waals surface area (Å²) >= 11 is 8.66. The molecule has 1 aromatic carbocycles. The van der Waals surface area contributed by atoms with E-state index in [0.29, 0.717) is 16.9 Å². The van der Waals surface area contributed by atoms with Crippen LogP contribution in [0.5, 0.6) is 0 Å². The summed E-state index contributed by atoms with van der Waals surface area (Å²) in [6.07, 6.45) is 1.60. The molecule has 18 heavy (non-hydrogen) atoms. The summed E-state index contributed by atoms with van der Waals surface area (Å²) in [7, 11) is 0. The Morgan fingerprint density at radius 1 is 1.39 bits per heavy atom. The Morgan fingerprint density at radius 3 is 2.72 bits per heavy atom. The zero-order valence-corrected chi connectivity index (χ0v) is 11.8. The number of hydrogen-bond acceptors (Lipinski definition) is 3. The Balaban J connectivity index is 2.70. The highest BCUT2D eigenvalue weighted by atomic mass is 79.9. The molecule has 0 saturated heterocycles. The molecule has 0 aromatic heterocycles. The molecule has 5 nitrogen and oxygen atoms in total. The lowest BCUT2D eigenvalue weighted by atomic mass is 10.2. The molecule has 0 unspecified atom stereocenters. The lowest BCUT2D eigenvalue weighted by molar-refractivity contribution is -0.385. The Kier molecular flexibility index (Phi) is 6.07. The molecule has 1 amide bonds. The average molecular weight is 336 g/mol. The summed E-state index contributed by atoms with van der Waals surface area (Å²) in [5.41, 5.74) is 0.150. The molecule has 7 heteroatoms. The normalized spacial score (nSPS) is 10.1. The minimum absolute atomic E-state index is 0.115. The van der Waals surface area contributed by atoms with Crippen LogP contribution in [0.4, 0.5) is 5.69 Å². The van der Waals surface area contributed by atoms with E-state index in [1.165, 1.54) is 12.1 Å². The van der Waals surface area contributed by atoms with Gasteiger partial charge in [-0.2, -0.15) is 0 Å². The van der Waals surface area contributed by atoms with Crippen LogP contribution in [0, 0.1) is 10.1 Å². The fourth-order valence-corrected chi connectivity index (χ4v) is 2.00. The fourth-order valence-electron chi connectivity index (χ4n) is 1.33. The van der Waals surface area contributed by atoms with Gasteiger partial charge in [0.05, 0.1) is 4.92 Å². The van der Waals surface area contributed by atoms with E-state index < -0.39 is 4.92 Å². The third-order valence-corrected chi connectivity index (χ3v) is 2.93. The average Bonchev–Trinajstić information content (AvgIpc) is 2.33. The van der Waals surface area contributed by atoms with E-state index in [2.05, 4.69) is 21.2 Å². The van der Waals surface area contributed by atoms with Crippen molar-refractivity contribution in [1.82, 2.24) is 5.32 Å². The standard InChI is InChI=1S/C11H12BrClN2O3/c12-9-5-8(6-10(7-9)15(17)18)11(16)14-4-2-1-3-13/h5-7H,1-4H2,(H,14,16). The molecular weight excluding hydrogens is 323 g/mol. The number of benzene rings is 1. The molecule has 0 bridgehead atoms. The smallest absolute Gasteiger partial charge is 0.271 e. The minimum atomic E-state index is -0.533. The first-order valence-corrected chi connectivity index (χ1v) is 6.66. The number of rotatable bonds is 6. The largest absolute Gasteiger partial charge is 0.352 e. The molecule has 0 heterocycles. The molecule has 1 N–H and O–H groups in total. The van der Waals surface area contributed by atoms with E-state index >= 15 is 0 Å². The molecule has 0 saturated carbocycles. The number of nitro groups is 1. The van der Waals surface area contributed by atoms with Crippen molar-refractivity contribution in [3.8, 4) is 0 Å². The van der Waals surface area contributed by atoms with Gasteiger partial charge in [-0.05, 0) is 18.9 Å². The summed E-state index contributed by atoms with van der Waals surface area (Å²) in [6.45, 7) is 0.506. The monoisotopic (exact) mass is 334 g/mol. The van der Waals surface area contributed by atoms with Gasteiger partial charge in [-0.1, -0.05) is 15.9 Å². The topological polar surface area (TPSA) is 72.2 Å². The summed E-state index contributed by atoms with van der Waals surface area (Å²) in [5, 5.41) is 13.4. The van der Waals surface area contributed by atoms with Crippen LogP contribution in [0.2, 0.25) is 0 Å². The number of carbonyl (C=O) groups is 1. The van der Waals surface area contributed by atoms with Crippen LogP contribution in [0.25, 0.3) is 0 Å². The van der Waals surface area contributed by atoms with E-state index in [-0.39, 0.29) is 17.2 Å². The minimum Gasteiger partial charge on any atom is -0.352 e. The van der Waals surface area contributed by atoms with Crippen molar-refractivity contribution in [2.75, 3.05) is 12.4 Å². The summed E-state index contributed by atoms with van der Waals surface area (Å²) in [4.78, 5) is 21.9. The first-order valence-electron chi connectivity index (χ1n) is 5.33. The van der Waals surface area contributed by atoms with Crippen LogP contribution in [0.15, 0.2) is 22.7 Å². The van der Waals surface area contributed by atoms with Gasteiger partial charge in [0.1, 0.15) is 0 Å². The van der Waals surface area contributed by atoms with Gasteiger partial charge in [-0.15, -0.1) is 11.6 Å². The predicted octanol–water partition coefficient (Wildman–Crippen LogP) is 3.11. The van der Waals surface area contributed by atoms with Gasteiger partial charge in [0.15, 0.2) is 0 Å². The summed E-state index contributed by atoms with van der Waals surface area (Å²) < 4.78 is 0.502. The number of nitro benzene ring substituents is 1. The number of nitrogens with zero attached hydrogens (tertiary/aromatic N) is 1. The maximum Gasteiger partial charge on any atom is 0.271 e. The maximum atomic E-state index is 11.7. The van der Waals surface area contributed by atoms with E-state index in [4.69, 9.17) is 11.6 Å². The number of halogens is 2. The molecule has 1 aromatic rings. The van der Waals surface area contributed by atoms with Gasteiger partial charge in [0, 0.05) is 34.6 Å². The maximum absolute atomic E-state index is 11.7. The van der Waals surface area contributed by atoms with Gasteiger partial charge >= 0.3 is 0 Å². The van der Waals surface area contributed by atoms with Crippen molar-refractivity contribution in [3.63, 3.8) is 0 Å². The molecule has 0 spiro atoms. The number of hydrogen-bond donors (Lipinski definition) is 1. The predicted molar refractivity (Wildman–Crippen MR) is 73.1 cm³/mol. The first-order chi connectivity index (χ1) is 8.54. The molecule has 0 aliphatic carbocycles. The van der Waals surface area contributed by atoms with Crippen LogP contribution in [-0.4, -0.2) is 23.3 Å². The molecule has 0 fully saturated rings. The Labute approximate surface area is 118 Å². The molecule has 0 aliphatic rings. The van der Waals surface area contributed by atoms with E-state index in [1.807, 2.05) is 0 Å². The number of alkyl halides is 1. The van der Waals surface area contributed by atoms with Crippen molar-refractivity contribution < 1.29 is 9.72 Å². The highest BCUT2D eigenvalue weighted by molar-refractivity contribution is 9.10. The van der Waals surface area contributed by atoms with Crippen molar-refractivity contribution in [3.05, 3.63) is 38.3 Å². The van der Waals surface area contributed by atoms with Crippen LogP contribution in [0.3, 0.4) is 0 Å². The van der Waals surface area contributed by atoms with Gasteiger partial charge in [0.2, 0.25) is 0 Å². The SMILES string of the molecule is O=C(NCCCCCl)c1cc(Br)cc([N+](=O)[O-])c1. The second kappa shape index (κ2) is 7.33. The van der Waals surface area contributed by atoms with Crippen LogP contribution >= 0.6 is 27.5 Å². The molecule has 0 radical (unpaired) electrons. The van der Waals surface area contributed by atoms with Crippen LogP contribution in [0.1, 0.15) is 23.2 Å². The third kappa shape index (κ3) is 4.62. The Bertz CT molecular complexity index is 454. The lowest BCUT2D eigenvalue weighted by Crippen LogP contribution is -2.24. The van der Waals surface area contributed by atoms with E-state index in [0.717, 1.165) is 12.8 Å². The second-order valence-electron chi connectivity index (χ2n) is 3.61. The van der Waals surface area contributed by atoms with Crippen molar-refractivity contribution >= 4 is 39.1 Å². The van der Waals surface area contributed by atoms with E-state index in [9.17, 15) is 14.9 Å². The highest BCUT2D eigenvalue weighted by Gasteiger charge is 2.13. The van der Waals surface area contributed by atoms with Gasteiger partial charge in [-0.3, -0.25) is 14.9 Å². The fraction of sp³-hybridized carbons (Fsp3) is 0.364.